The van der Waals surface area contributed by atoms with Crippen LogP contribution in [0.15, 0.2) is 94.2 Å². The molecule has 9 rings (SSSR count). The maximum Gasteiger partial charge on any atom is 0.199 e. The summed E-state index contributed by atoms with van der Waals surface area (Å²) in [7, 11) is -2.06. The number of carbonyl (C=O) groups is 1. The normalized spacial score (nSPS) is 15.5. The molecule has 3 aliphatic heterocycles. The number of nitrogens with two attached hydrogens (primary N) is 2. The molecule has 2 aromatic heterocycles. The monoisotopic (exact) mass is 3570 g/mol. The number of nitrogen functional groups attached to an aromatic ring is 2. The SMILES string of the molecule is C1=COCCC1.CC(=O)NO.II(I)I(I)I.II(I)I(I)I(I)I.I[I-]I(I)I(I)I.N#Cc1ccc(O)cc1F.N#Cc1ccc(OC2CCCCO2)cc1F.Nc1noc2cc(O)ccc12.Nc1noc2cc(OC3CCCCO3)ccc12. The molecule has 0 spiro atoms. The molecule has 1 amide bonds. The number of carbonyl (C=O) groups excluding carboxylic acids is 1. The molecule has 86 heavy (non-hydrogen) atoms. The molecule has 4 aromatic carbocycles. The van der Waals surface area contributed by atoms with Gasteiger partial charge < -0.3 is 54.4 Å². The Balaban J connectivity index is 0.000000500. The van der Waals surface area contributed by atoms with Crippen molar-refractivity contribution in [3.05, 3.63) is 108 Å². The van der Waals surface area contributed by atoms with Crippen molar-refractivity contribution < 1.29 is 75.0 Å². The van der Waals surface area contributed by atoms with Gasteiger partial charge in [0.2, 0.25) is 5.91 Å². The molecule has 2 fully saturated rings. The van der Waals surface area contributed by atoms with E-state index in [9.17, 15) is 13.6 Å². The average Bonchev–Trinajstić information content (AvgIpc) is 3.68. The Morgan fingerprint density at radius 3 is 1.43 bits per heavy atom. The van der Waals surface area contributed by atoms with Gasteiger partial charge in [0, 0.05) is 44.0 Å². The summed E-state index contributed by atoms with van der Waals surface area (Å²) >= 11 is 35.6. The van der Waals surface area contributed by atoms with E-state index in [0.717, 1.165) is 74.3 Å². The predicted octanol–water partition coefficient (Wildman–Crippen LogP) is 23.0. The molecular formula is C45H49F2I21N7O11-. The summed E-state index contributed by atoms with van der Waals surface area (Å²) in [4.78, 5) is 9.45. The molecule has 18 nitrogen and oxygen atoms in total. The van der Waals surface area contributed by atoms with Crippen molar-refractivity contribution >= 4 is 337 Å². The zero-order valence-corrected chi connectivity index (χ0v) is 88.6. The fourth-order valence-electron chi connectivity index (χ4n) is 5.66. The molecule has 0 radical (unpaired) electrons. The standard InChI is InChI=1S/C12H12FNO2.C12H14N2O3.C7H4FNO.C7H6N2O2.C5H8O.C2H5NO2.I8.I7.I6/c13-11-7-10(5-4-9(11)8-14)16-12-3-1-2-6-15-12;13-12-9-5-4-8(7-10(9)17-14-12)16-11-3-1-2-6-15-11;8-7-3-6(10)2-1-5(7)4-9;8-7-5-2-1-4(10)3-6(5)11-9-7;1-2-4-6-5-3-1;1-2(4)3-5;1-6(2)8(5)7(3)4;1-5-7(4)6(2)3;1-5(2)6(3)4/h4-5,7,12H,1-3,6H2;4-5,7,11H,1-3,6H2,(H2,13,14);1-3,10H;1-3,10H,(H2,8,9);2,4H,1,3,5H2;5H,1H3,(H,3,4);;;/q;;;;;;;-1;. The van der Waals surface area contributed by atoms with Crippen LogP contribution in [0.5, 0.6) is 23.0 Å². The number of allylic oxidation sites excluding steroid dienone is 1. The van der Waals surface area contributed by atoms with Crippen LogP contribution in [0.1, 0.15) is 69.4 Å². The van der Waals surface area contributed by atoms with Crippen LogP contribution >= 0.6 is 297 Å². The number of hydroxylamine groups is 1. The maximum absolute atomic E-state index is 13.3. The van der Waals surface area contributed by atoms with E-state index in [0.29, 0.717) is 48.4 Å². The van der Waals surface area contributed by atoms with Crippen LogP contribution in [0.2, 0.25) is 0 Å². The van der Waals surface area contributed by atoms with Gasteiger partial charge in [0.1, 0.15) is 46.8 Å². The number of halogens is 23. The third-order valence-electron chi connectivity index (χ3n) is 9.25. The van der Waals surface area contributed by atoms with Gasteiger partial charge in [-0.25, -0.2) is 14.3 Å². The number of phenolic OH excluding ortho intramolecular Hbond substituents is 2. The Morgan fingerprint density at radius 2 is 1.09 bits per heavy atom. The van der Waals surface area contributed by atoms with Crippen LogP contribution in [0.4, 0.5) is 20.4 Å². The van der Waals surface area contributed by atoms with Crippen LogP contribution in [0.25, 0.3) is 21.9 Å². The zero-order valence-electron chi connectivity index (χ0n) is 43.3. The second-order valence-corrected chi connectivity index (χ2v) is 372. The number of phenols is 2. The first kappa shape index (κ1) is 91.7. The van der Waals surface area contributed by atoms with E-state index in [4.69, 9.17) is 70.1 Å². The second kappa shape index (κ2) is 56.3. The van der Waals surface area contributed by atoms with Crippen LogP contribution in [-0.4, -0.2) is 64.0 Å². The summed E-state index contributed by atoms with van der Waals surface area (Å²) in [6.45, 7) is 3.59. The Hall–Kier alpha value is 7.68. The van der Waals surface area contributed by atoms with Crippen LogP contribution < -0.4 is 39.7 Å². The largest absolute Gasteiger partial charge is 0.508 e. The summed E-state index contributed by atoms with van der Waals surface area (Å²) in [5.41, 5.74) is 13.6. The van der Waals surface area contributed by atoms with Crippen LogP contribution in [0, 0.1) is 34.3 Å². The zero-order chi connectivity index (χ0) is 64.7. The number of aromatic hydroxyl groups is 2. The number of anilines is 2. The van der Waals surface area contributed by atoms with Crippen molar-refractivity contribution in [2.45, 2.75) is 70.9 Å². The molecule has 2 atom stereocenters. The number of benzene rings is 4. The van der Waals surface area contributed by atoms with Crippen molar-refractivity contribution in [1.82, 2.24) is 15.8 Å². The molecule has 3 aliphatic rings. The quantitative estimate of drug-likeness (QED) is 0.0445. The summed E-state index contributed by atoms with van der Waals surface area (Å²) in [5.74, 6) is 0.165. The molecule has 5 heterocycles. The number of hydrogen-bond acceptors (Lipinski definition) is 17. The van der Waals surface area contributed by atoms with Crippen molar-refractivity contribution in [3.8, 4) is 35.1 Å². The Morgan fingerprint density at radius 1 is 0.651 bits per heavy atom. The third kappa shape index (κ3) is 43.5. The number of ether oxygens (including phenoxy) is 5. The molecule has 2 saturated heterocycles. The molecular weight excluding hydrogens is 3520 g/mol. The molecule has 6 aromatic rings. The Labute approximate surface area is 665 Å². The van der Waals surface area contributed by atoms with Gasteiger partial charge in [0.25, 0.3) is 0 Å². The van der Waals surface area contributed by atoms with Gasteiger partial charge in [-0.05, 0) is 93.1 Å². The first-order chi connectivity index (χ1) is 40.8. The van der Waals surface area contributed by atoms with Crippen molar-refractivity contribution in [2.75, 3.05) is 31.3 Å². The summed E-state index contributed by atoms with van der Waals surface area (Å²) in [6.07, 6.45) is 11.9. The van der Waals surface area contributed by atoms with E-state index in [1.54, 1.807) is 36.6 Å². The smallest absolute Gasteiger partial charge is 0.199 e. The fraction of sp³-hybridized carbons (Fsp3) is 0.311. The van der Waals surface area contributed by atoms with E-state index < -0.39 is 17.5 Å². The molecule has 0 bridgehead atoms. The van der Waals surface area contributed by atoms with E-state index in [1.165, 1.54) is 61.6 Å². The minimum Gasteiger partial charge on any atom is -0.508 e. The van der Waals surface area contributed by atoms with Gasteiger partial charge in [-0.2, -0.15) is 10.5 Å². The van der Waals surface area contributed by atoms with Crippen LogP contribution in [0.3, 0.4) is 0 Å². The van der Waals surface area contributed by atoms with E-state index in [-0.39, 0.29) is 90.5 Å². The summed E-state index contributed by atoms with van der Waals surface area (Å²) < 4.78 is 62.6. The van der Waals surface area contributed by atoms with Gasteiger partial charge in [-0.1, -0.05) is 10.3 Å². The van der Waals surface area contributed by atoms with Gasteiger partial charge >= 0.3 is 311 Å². The van der Waals surface area contributed by atoms with E-state index in [1.807, 2.05) is 18.2 Å². The average molecular weight is 3570 g/mol. The van der Waals surface area contributed by atoms with Gasteiger partial charge in [0.15, 0.2) is 35.4 Å². The van der Waals surface area contributed by atoms with Crippen molar-refractivity contribution in [3.63, 3.8) is 0 Å². The number of nitrogens with one attached hydrogen (secondary N) is 1. The van der Waals surface area contributed by atoms with Gasteiger partial charge in [-0.15, -0.1) is 0 Å². The molecule has 0 saturated carbocycles. The minimum absolute atomic E-state index is 0.0249. The number of nitrogens with zero attached hydrogens (tertiary/aromatic N) is 4. The predicted molar refractivity (Wildman–Crippen MR) is 511 cm³/mol. The third-order valence-corrected chi connectivity index (χ3v) is 753. The fourth-order valence-corrected chi connectivity index (χ4v) is 634. The first-order valence-electron chi connectivity index (χ1n) is 22.8. The number of fused-ring (bicyclic) bond motifs is 2. The van der Waals surface area contributed by atoms with E-state index in [2.05, 4.69) is 252 Å². The summed E-state index contributed by atoms with van der Waals surface area (Å²) in [5, 5.41) is 50.8. The topological polar surface area (TPSA) is 288 Å². The Kier molecular flexibility index (Phi) is 60.0. The van der Waals surface area contributed by atoms with Crippen LogP contribution in [-0.2, 0) is 19.0 Å². The number of rotatable bonds is 9. The first-order valence-corrected chi connectivity index (χ1v) is 136. The van der Waals surface area contributed by atoms with Gasteiger partial charge in [0.05, 0.1) is 48.0 Å². The molecule has 41 heteroatoms. The second-order valence-electron chi connectivity index (χ2n) is 15.1. The van der Waals surface area contributed by atoms with Crippen molar-refractivity contribution in [1.29, 1.82) is 10.5 Å². The number of aromatic nitrogens is 2. The van der Waals surface area contributed by atoms with Gasteiger partial charge in [-0.3, -0.25) is 10.0 Å². The maximum atomic E-state index is 13.3. The summed E-state index contributed by atoms with van der Waals surface area (Å²) in [6, 6.07) is 21.2. The van der Waals surface area contributed by atoms with E-state index >= 15 is 0 Å². The molecule has 492 valence electrons. The Bertz CT molecular complexity index is 2960. The number of hydrogen-bond donors (Lipinski definition) is 6. The number of nitriles is 2. The van der Waals surface area contributed by atoms with Crippen molar-refractivity contribution in [2.24, 2.45) is 0 Å². The molecule has 0 aliphatic carbocycles. The minimum atomic E-state index is -0.692. The molecule has 2 unspecified atom stereocenters. The number of amides is 1. The molecule has 8 N–H and O–H groups in total.